The molecule has 0 saturated heterocycles. The second-order valence-corrected chi connectivity index (χ2v) is 5.09. The van der Waals surface area contributed by atoms with Gasteiger partial charge in [-0.3, -0.25) is 9.59 Å². The molecule has 8 heteroatoms. The highest BCUT2D eigenvalue weighted by molar-refractivity contribution is 6.03. The molecule has 0 aliphatic rings. The summed E-state index contributed by atoms with van der Waals surface area (Å²) in [6, 6.07) is 9.78. The molecule has 0 bridgehead atoms. The number of aromatic amines is 1. The van der Waals surface area contributed by atoms with Crippen molar-refractivity contribution in [1.29, 1.82) is 0 Å². The molecular formula is C17H11F2N3O3. The van der Waals surface area contributed by atoms with Crippen LogP contribution in [0.2, 0.25) is 0 Å². The van der Waals surface area contributed by atoms with E-state index in [2.05, 4.69) is 10.3 Å². The van der Waals surface area contributed by atoms with E-state index in [1.165, 1.54) is 30.3 Å². The van der Waals surface area contributed by atoms with Crippen LogP contribution in [0.25, 0.3) is 5.69 Å². The monoisotopic (exact) mass is 343 g/mol. The molecule has 0 radical (unpaired) electrons. The van der Waals surface area contributed by atoms with Crippen LogP contribution in [-0.2, 0) is 0 Å². The van der Waals surface area contributed by atoms with Gasteiger partial charge in [0.25, 0.3) is 11.5 Å². The number of nitrogens with one attached hydrogen (secondary N) is 2. The SMILES string of the molecule is O=C(Nc1cccc(F)c1)c1c[nH]c(=O)n(-c2ccc(F)cc2)c1=O. The molecule has 2 N–H and O–H groups in total. The van der Waals surface area contributed by atoms with Crippen LogP contribution in [0.5, 0.6) is 0 Å². The Kier molecular flexibility index (Phi) is 4.25. The van der Waals surface area contributed by atoms with Gasteiger partial charge in [-0.2, -0.15) is 0 Å². The zero-order chi connectivity index (χ0) is 18.0. The van der Waals surface area contributed by atoms with E-state index >= 15 is 0 Å². The average molecular weight is 343 g/mol. The minimum absolute atomic E-state index is 0.105. The number of halogens is 2. The number of hydrogen-bond donors (Lipinski definition) is 2. The zero-order valence-electron chi connectivity index (χ0n) is 12.6. The summed E-state index contributed by atoms with van der Waals surface area (Å²) in [5, 5.41) is 2.37. The number of carbonyl (C=O) groups excluding carboxylic acids is 1. The molecule has 6 nitrogen and oxygen atoms in total. The lowest BCUT2D eigenvalue weighted by Gasteiger charge is -2.08. The van der Waals surface area contributed by atoms with E-state index in [9.17, 15) is 23.2 Å². The van der Waals surface area contributed by atoms with Crippen molar-refractivity contribution in [1.82, 2.24) is 9.55 Å². The summed E-state index contributed by atoms with van der Waals surface area (Å²) in [5.41, 5.74) is -1.76. The maximum Gasteiger partial charge on any atom is 0.333 e. The second kappa shape index (κ2) is 6.52. The predicted octanol–water partition coefficient (Wildman–Crippen LogP) is 2.06. The van der Waals surface area contributed by atoms with E-state index in [1.807, 2.05) is 0 Å². The van der Waals surface area contributed by atoms with Crippen molar-refractivity contribution in [2.75, 3.05) is 5.32 Å². The molecule has 0 aliphatic carbocycles. The van der Waals surface area contributed by atoms with Gasteiger partial charge in [-0.15, -0.1) is 0 Å². The third-order valence-corrected chi connectivity index (χ3v) is 3.39. The van der Waals surface area contributed by atoms with Gasteiger partial charge >= 0.3 is 5.69 Å². The van der Waals surface area contributed by atoms with Crippen molar-refractivity contribution in [3.63, 3.8) is 0 Å². The number of rotatable bonds is 3. The minimum atomic E-state index is -0.885. The molecule has 3 aromatic rings. The number of anilines is 1. The molecule has 126 valence electrons. The summed E-state index contributed by atoms with van der Waals surface area (Å²) in [5.74, 6) is -1.90. The Labute approximate surface area is 139 Å². The Balaban J connectivity index is 2.02. The molecule has 2 aromatic carbocycles. The van der Waals surface area contributed by atoms with Crippen LogP contribution in [0.15, 0.2) is 64.3 Å². The highest BCUT2D eigenvalue weighted by Crippen LogP contribution is 2.10. The predicted molar refractivity (Wildman–Crippen MR) is 87.0 cm³/mol. The van der Waals surface area contributed by atoms with Gasteiger partial charge in [-0.1, -0.05) is 6.07 Å². The van der Waals surface area contributed by atoms with Crippen molar-refractivity contribution in [2.45, 2.75) is 0 Å². The van der Waals surface area contributed by atoms with Crippen molar-refractivity contribution >= 4 is 11.6 Å². The fourth-order valence-electron chi connectivity index (χ4n) is 2.22. The minimum Gasteiger partial charge on any atom is -0.322 e. The fraction of sp³-hybridized carbons (Fsp3) is 0. The van der Waals surface area contributed by atoms with E-state index in [0.717, 1.165) is 24.4 Å². The maximum absolute atomic E-state index is 13.2. The lowest BCUT2D eigenvalue weighted by atomic mass is 10.2. The summed E-state index contributed by atoms with van der Waals surface area (Å²) < 4.78 is 26.9. The summed E-state index contributed by atoms with van der Waals surface area (Å²) in [4.78, 5) is 39.0. The Morgan fingerprint density at radius 1 is 1.00 bits per heavy atom. The first-order chi connectivity index (χ1) is 12.0. The molecule has 0 atom stereocenters. The summed E-state index contributed by atoms with van der Waals surface area (Å²) >= 11 is 0. The van der Waals surface area contributed by atoms with Gasteiger partial charge in [0.1, 0.15) is 17.2 Å². The van der Waals surface area contributed by atoms with Crippen molar-refractivity contribution in [3.8, 4) is 5.69 Å². The molecule has 0 unspecified atom stereocenters. The van der Waals surface area contributed by atoms with Crippen molar-refractivity contribution in [2.24, 2.45) is 0 Å². The van der Waals surface area contributed by atoms with E-state index < -0.39 is 28.8 Å². The quantitative estimate of drug-likeness (QED) is 0.763. The Hall–Kier alpha value is -3.55. The molecule has 0 spiro atoms. The van der Waals surface area contributed by atoms with E-state index in [4.69, 9.17) is 0 Å². The fourth-order valence-corrected chi connectivity index (χ4v) is 2.22. The molecule has 1 heterocycles. The van der Waals surface area contributed by atoms with Crippen LogP contribution in [0.1, 0.15) is 10.4 Å². The van der Waals surface area contributed by atoms with Crippen LogP contribution in [0, 0.1) is 11.6 Å². The summed E-state index contributed by atoms with van der Waals surface area (Å²) in [7, 11) is 0. The molecule has 3 rings (SSSR count). The number of nitrogens with zero attached hydrogens (tertiary/aromatic N) is 1. The Morgan fingerprint density at radius 2 is 1.72 bits per heavy atom. The molecule has 1 aromatic heterocycles. The van der Waals surface area contributed by atoms with E-state index in [0.29, 0.717) is 4.57 Å². The van der Waals surface area contributed by atoms with Gasteiger partial charge in [0.05, 0.1) is 5.69 Å². The molecular weight excluding hydrogens is 332 g/mol. The molecule has 0 saturated carbocycles. The lowest BCUT2D eigenvalue weighted by molar-refractivity contribution is 0.102. The highest BCUT2D eigenvalue weighted by Gasteiger charge is 2.16. The zero-order valence-corrected chi connectivity index (χ0v) is 12.6. The smallest absolute Gasteiger partial charge is 0.322 e. The standard InChI is InChI=1S/C17H11F2N3O3/c18-10-4-6-13(7-5-10)22-16(24)14(9-20-17(22)25)15(23)21-12-3-1-2-11(19)8-12/h1-9H,(H,20,25)(H,21,23). The third-order valence-electron chi connectivity index (χ3n) is 3.39. The summed E-state index contributed by atoms with van der Waals surface area (Å²) in [6.07, 6.45) is 0.972. The van der Waals surface area contributed by atoms with Crippen LogP contribution in [0.4, 0.5) is 14.5 Å². The number of benzene rings is 2. The van der Waals surface area contributed by atoms with Crippen LogP contribution in [-0.4, -0.2) is 15.5 Å². The van der Waals surface area contributed by atoms with Crippen molar-refractivity contribution < 1.29 is 13.6 Å². The number of amides is 1. The second-order valence-electron chi connectivity index (χ2n) is 5.09. The Bertz CT molecular complexity index is 1060. The summed E-state index contributed by atoms with van der Waals surface area (Å²) in [6.45, 7) is 0. The van der Waals surface area contributed by atoms with Crippen LogP contribution < -0.4 is 16.6 Å². The topological polar surface area (TPSA) is 84.0 Å². The van der Waals surface area contributed by atoms with Gasteiger partial charge in [-0.25, -0.2) is 18.1 Å². The first-order valence-electron chi connectivity index (χ1n) is 7.13. The number of H-pyrrole nitrogens is 1. The van der Waals surface area contributed by atoms with Gasteiger partial charge in [0, 0.05) is 11.9 Å². The molecule has 1 amide bonds. The normalized spacial score (nSPS) is 10.5. The van der Waals surface area contributed by atoms with Gasteiger partial charge in [-0.05, 0) is 42.5 Å². The molecule has 0 fully saturated rings. The van der Waals surface area contributed by atoms with Gasteiger partial charge in [0.2, 0.25) is 0 Å². The first kappa shape index (κ1) is 16.3. The largest absolute Gasteiger partial charge is 0.333 e. The number of aromatic nitrogens is 2. The van der Waals surface area contributed by atoms with Gasteiger partial charge < -0.3 is 10.3 Å². The lowest BCUT2D eigenvalue weighted by Crippen LogP contribution is -2.38. The Morgan fingerprint density at radius 3 is 2.40 bits per heavy atom. The van der Waals surface area contributed by atoms with Gasteiger partial charge in [0.15, 0.2) is 0 Å². The molecule has 25 heavy (non-hydrogen) atoms. The van der Waals surface area contributed by atoms with Crippen LogP contribution >= 0.6 is 0 Å². The number of hydrogen-bond acceptors (Lipinski definition) is 3. The molecule has 0 aliphatic heterocycles. The highest BCUT2D eigenvalue weighted by atomic mass is 19.1. The third kappa shape index (κ3) is 3.37. The number of carbonyl (C=O) groups is 1. The average Bonchev–Trinajstić information content (AvgIpc) is 2.56. The maximum atomic E-state index is 13.2. The van der Waals surface area contributed by atoms with Crippen LogP contribution in [0.3, 0.4) is 0 Å². The first-order valence-corrected chi connectivity index (χ1v) is 7.13. The van der Waals surface area contributed by atoms with Crippen molar-refractivity contribution in [3.05, 3.63) is 92.8 Å². The van der Waals surface area contributed by atoms with E-state index in [1.54, 1.807) is 0 Å². The van der Waals surface area contributed by atoms with E-state index in [-0.39, 0.29) is 16.9 Å².